The predicted octanol–water partition coefficient (Wildman–Crippen LogP) is 1.13. The smallest absolute Gasteiger partial charge is 0.227 e. The molecule has 3 N–H and O–H groups in total. The van der Waals surface area contributed by atoms with E-state index >= 15 is 0 Å². The van der Waals surface area contributed by atoms with Crippen LogP contribution in [0, 0.1) is 5.41 Å². The van der Waals surface area contributed by atoms with Crippen molar-refractivity contribution in [3.63, 3.8) is 0 Å². The largest absolute Gasteiger partial charge is 0.496 e. The third-order valence-electron chi connectivity index (χ3n) is 4.80. The Morgan fingerprint density at radius 3 is 2.24 bits per heavy atom. The summed E-state index contributed by atoms with van der Waals surface area (Å²) in [6.07, 6.45) is 1.90. The van der Waals surface area contributed by atoms with Gasteiger partial charge < -0.3 is 30.0 Å². The van der Waals surface area contributed by atoms with Gasteiger partial charge in [0, 0.05) is 44.0 Å². The zero-order valence-corrected chi connectivity index (χ0v) is 15.2. The quantitative estimate of drug-likeness (QED) is 0.729. The highest BCUT2D eigenvalue weighted by Gasteiger charge is 2.38. The van der Waals surface area contributed by atoms with Crippen molar-refractivity contribution in [2.75, 3.05) is 47.6 Å². The van der Waals surface area contributed by atoms with E-state index in [9.17, 15) is 4.79 Å². The summed E-state index contributed by atoms with van der Waals surface area (Å²) < 4.78 is 21.5. The van der Waals surface area contributed by atoms with Crippen LogP contribution in [0.3, 0.4) is 0 Å². The minimum atomic E-state index is -0.521. The normalized spacial score (nSPS) is 16.2. The standard InChI is InChI=1S/C18H28N2O5/c1-22-13-10-15(23-2)14(16(11-13)24-3)4-7-20-17(21)18(12-19)5-8-25-9-6-18/h10-11H,4-9,12,19H2,1-3H3,(H,20,21). The van der Waals surface area contributed by atoms with E-state index in [2.05, 4.69) is 5.32 Å². The molecule has 1 fully saturated rings. The highest BCUT2D eigenvalue weighted by Crippen LogP contribution is 2.34. The Labute approximate surface area is 148 Å². The summed E-state index contributed by atoms with van der Waals surface area (Å²) in [5.74, 6) is 1.99. The fourth-order valence-corrected chi connectivity index (χ4v) is 3.10. The average molecular weight is 352 g/mol. The van der Waals surface area contributed by atoms with Crippen LogP contribution in [0.2, 0.25) is 0 Å². The van der Waals surface area contributed by atoms with E-state index in [1.54, 1.807) is 33.5 Å². The van der Waals surface area contributed by atoms with Crippen molar-refractivity contribution < 1.29 is 23.7 Å². The molecule has 1 aliphatic heterocycles. The van der Waals surface area contributed by atoms with Crippen LogP contribution in [-0.2, 0) is 16.0 Å². The number of rotatable bonds is 8. The highest BCUT2D eigenvalue weighted by atomic mass is 16.5. The summed E-state index contributed by atoms with van der Waals surface area (Å²) >= 11 is 0. The molecule has 0 bridgehead atoms. The van der Waals surface area contributed by atoms with Gasteiger partial charge in [0.25, 0.3) is 0 Å². The van der Waals surface area contributed by atoms with Crippen LogP contribution in [0.4, 0.5) is 0 Å². The first-order chi connectivity index (χ1) is 12.1. The third-order valence-corrected chi connectivity index (χ3v) is 4.80. The Morgan fingerprint density at radius 2 is 1.76 bits per heavy atom. The molecule has 0 aliphatic carbocycles. The minimum Gasteiger partial charge on any atom is -0.496 e. The van der Waals surface area contributed by atoms with Crippen molar-refractivity contribution in [2.24, 2.45) is 11.1 Å². The van der Waals surface area contributed by atoms with Crippen molar-refractivity contribution in [3.05, 3.63) is 17.7 Å². The molecule has 1 aromatic rings. The maximum absolute atomic E-state index is 12.6. The van der Waals surface area contributed by atoms with Gasteiger partial charge in [-0.25, -0.2) is 0 Å². The monoisotopic (exact) mass is 352 g/mol. The molecule has 0 atom stereocenters. The van der Waals surface area contributed by atoms with Gasteiger partial charge in [0.05, 0.1) is 26.7 Å². The van der Waals surface area contributed by atoms with E-state index in [4.69, 9.17) is 24.7 Å². The molecular formula is C18H28N2O5. The van der Waals surface area contributed by atoms with E-state index in [0.29, 0.717) is 62.8 Å². The predicted molar refractivity (Wildman–Crippen MR) is 94.4 cm³/mol. The van der Waals surface area contributed by atoms with Gasteiger partial charge in [0.15, 0.2) is 0 Å². The topological polar surface area (TPSA) is 92.0 Å². The zero-order chi connectivity index (χ0) is 18.3. The Bertz CT molecular complexity index is 560. The first kappa shape index (κ1) is 19.3. The van der Waals surface area contributed by atoms with Gasteiger partial charge in [-0.15, -0.1) is 0 Å². The Kier molecular flexibility index (Phi) is 6.90. The lowest BCUT2D eigenvalue weighted by molar-refractivity contribution is -0.135. The Hall–Kier alpha value is -1.99. The number of benzene rings is 1. The van der Waals surface area contributed by atoms with Crippen molar-refractivity contribution in [1.29, 1.82) is 0 Å². The maximum Gasteiger partial charge on any atom is 0.227 e. The molecule has 1 amide bonds. The van der Waals surface area contributed by atoms with E-state index < -0.39 is 5.41 Å². The van der Waals surface area contributed by atoms with Gasteiger partial charge in [-0.05, 0) is 19.3 Å². The molecule has 1 aromatic carbocycles. The Balaban J connectivity index is 2.04. The average Bonchev–Trinajstić information content (AvgIpc) is 2.67. The molecule has 25 heavy (non-hydrogen) atoms. The fourth-order valence-electron chi connectivity index (χ4n) is 3.10. The second-order valence-corrected chi connectivity index (χ2v) is 6.11. The van der Waals surface area contributed by atoms with E-state index in [1.807, 2.05) is 0 Å². The van der Waals surface area contributed by atoms with Gasteiger partial charge in [0.1, 0.15) is 17.2 Å². The number of hydrogen-bond acceptors (Lipinski definition) is 6. The van der Waals surface area contributed by atoms with E-state index in [0.717, 1.165) is 5.56 Å². The minimum absolute atomic E-state index is 0.00950. The lowest BCUT2D eigenvalue weighted by Gasteiger charge is -2.34. The number of hydrogen-bond donors (Lipinski definition) is 2. The summed E-state index contributed by atoms with van der Waals surface area (Å²) in [5, 5.41) is 3.01. The van der Waals surface area contributed by atoms with Crippen LogP contribution >= 0.6 is 0 Å². The molecule has 0 unspecified atom stereocenters. The summed E-state index contributed by atoms with van der Waals surface area (Å²) in [6, 6.07) is 3.61. The van der Waals surface area contributed by atoms with E-state index in [1.165, 1.54) is 0 Å². The molecule has 1 saturated heterocycles. The molecule has 2 rings (SSSR count). The second-order valence-electron chi connectivity index (χ2n) is 6.11. The first-order valence-corrected chi connectivity index (χ1v) is 8.45. The molecule has 1 heterocycles. The van der Waals surface area contributed by atoms with Gasteiger partial charge >= 0.3 is 0 Å². The number of ether oxygens (including phenoxy) is 4. The molecule has 1 aliphatic rings. The number of nitrogens with two attached hydrogens (primary N) is 1. The van der Waals surface area contributed by atoms with Gasteiger partial charge in [-0.1, -0.05) is 0 Å². The highest BCUT2D eigenvalue weighted by molar-refractivity contribution is 5.83. The first-order valence-electron chi connectivity index (χ1n) is 8.45. The maximum atomic E-state index is 12.6. The number of methoxy groups -OCH3 is 3. The zero-order valence-electron chi connectivity index (χ0n) is 15.2. The van der Waals surface area contributed by atoms with Gasteiger partial charge in [0.2, 0.25) is 5.91 Å². The summed E-state index contributed by atoms with van der Waals surface area (Å²) in [4.78, 5) is 12.6. The van der Waals surface area contributed by atoms with Gasteiger partial charge in [-0.3, -0.25) is 4.79 Å². The molecule has 140 valence electrons. The molecule has 0 aromatic heterocycles. The summed E-state index contributed by atoms with van der Waals surface area (Å²) in [5.41, 5.74) is 6.24. The van der Waals surface area contributed by atoms with E-state index in [-0.39, 0.29) is 5.91 Å². The SMILES string of the molecule is COc1cc(OC)c(CCNC(=O)C2(CN)CCOCC2)c(OC)c1. The Morgan fingerprint density at radius 1 is 1.16 bits per heavy atom. The number of carbonyl (C=O) groups is 1. The molecule has 7 heteroatoms. The van der Waals surface area contributed by atoms with Crippen LogP contribution in [0.5, 0.6) is 17.2 Å². The molecule has 0 radical (unpaired) electrons. The second kappa shape index (κ2) is 8.92. The number of carbonyl (C=O) groups excluding carboxylic acids is 1. The molecule has 7 nitrogen and oxygen atoms in total. The van der Waals surface area contributed by atoms with Crippen molar-refractivity contribution in [1.82, 2.24) is 5.32 Å². The van der Waals surface area contributed by atoms with Crippen LogP contribution < -0.4 is 25.3 Å². The van der Waals surface area contributed by atoms with Crippen molar-refractivity contribution >= 4 is 5.91 Å². The lowest BCUT2D eigenvalue weighted by Crippen LogP contribution is -2.49. The lowest BCUT2D eigenvalue weighted by atomic mass is 9.79. The van der Waals surface area contributed by atoms with Gasteiger partial charge in [-0.2, -0.15) is 0 Å². The molecular weight excluding hydrogens is 324 g/mol. The van der Waals surface area contributed by atoms with Crippen molar-refractivity contribution in [3.8, 4) is 17.2 Å². The number of nitrogens with one attached hydrogen (secondary N) is 1. The third kappa shape index (κ3) is 4.35. The van der Waals surface area contributed by atoms with Crippen LogP contribution in [0.15, 0.2) is 12.1 Å². The van der Waals surface area contributed by atoms with Crippen LogP contribution in [0.25, 0.3) is 0 Å². The van der Waals surface area contributed by atoms with Crippen molar-refractivity contribution in [2.45, 2.75) is 19.3 Å². The van der Waals surface area contributed by atoms with Crippen LogP contribution in [-0.4, -0.2) is 53.5 Å². The van der Waals surface area contributed by atoms with Crippen LogP contribution in [0.1, 0.15) is 18.4 Å². The molecule has 0 saturated carbocycles. The fraction of sp³-hybridized carbons (Fsp3) is 0.611. The number of amides is 1. The summed E-state index contributed by atoms with van der Waals surface area (Å²) in [7, 11) is 4.79. The molecule has 0 spiro atoms. The summed E-state index contributed by atoms with van der Waals surface area (Å²) in [6.45, 7) is 1.95.